The summed E-state index contributed by atoms with van der Waals surface area (Å²) in [7, 11) is 0. The van der Waals surface area contributed by atoms with Crippen molar-refractivity contribution in [3.8, 4) is 0 Å². The Morgan fingerprint density at radius 3 is 1.98 bits per heavy atom. The summed E-state index contributed by atoms with van der Waals surface area (Å²) in [6.07, 6.45) is -1.00. The van der Waals surface area contributed by atoms with E-state index in [1.165, 1.54) is 12.1 Å². The standard InChI is InChI=1S/C27H32F3N5O6/c1-17-14-20(4-8-24(17)34(37)38)32-19-10-12-33(13-11-19)26(36)16-41-22-6-2-18(3-7-22)31-21-5-9-25(35(39)40)23(15-21)27(28,29)30/h4-5,8-9,14-15,18-19,22,31-32H,2-3,6-7,10-13,16H2,1H3. The molecule has 4 rings (SSSR count). The summed E-state index contributed by atoms with van der Waals surface area (Å²) in [5, 5.41) is 28.4. The van der Waals surface area contributed by atoms with E-state index in [9.17, 15) is 38.2 Å². The lowest BCUT2D eigenvalue weighted by Gasteiger charge is -2.34. The zero-order valence-corrected chi connectivity index (χ0v) is 22.5. The first-order chi connectivity index (χ1) is 19.4. The van der Waals surface area contributed by atoms with Gasteiger partial charge in [0, 0.05) is 54.2 Å². The van der Waals surface area contributed by atoms with E-state index in [-0.39, 0.29) is 42.1 Å². The Kier molecular flexibility index (Phi) is 9.31. The van der Waals surface area contributed by atoms with Crippen LogP contribution in [0.15, 0.2) is 36.4 Å². The van der Waals surface area contributed by atoms with Gasteiger partial charge in [-0.05, 0) is 69.7 Å². The number of likely N-dealkylation sites (tertiary alicyclic amines) is 1. The lowest BCUT2D eigenvalue weighted by molar-refractivity contribution is -0.388. The van der Waals surface area contributed by atoms with Gasteiger partial charge in [-0.25, -0.2) is 0 Å². The fraction of sp³-hybridized carbons (Fsp3) is 0.519. The van der Waals surface area contributed by atoms with Crippen molar-refractivity contribution in [1.29, 1.82) is 0 Å². The number of carbonyl (C=O) groups is 1. The lowest BCUT2D eigenvalue weighted by Crippen LogP contribution is -2.44. The second-order valence-corrected chi connectivity index (χ2v) is 10.5. The average Bonchev–Trinajstić information content (AvgIpc) is 2.92. The Balaban J connectivity index is 1.18. The Morgan fingerprint density at radius 2 is 1.44 bits per heavy atom. The number of alkyl halides is 3. The molecule has 41 heavy (non-hydrogen) atoms. The molecule has 2 aromatic rings. The number of halogens is 3. The van der Waals surface area contributed by atoms with Crippen molar-refractivity contribution in [3.63, 3.8) is 0 Å². The molecule has 1 amide bonds. The van der Waals surface area contributed by atoms with E-state index in [1.807, 2.05) is 0 Å². The predicted octanol–water partition coefficient (Wildman–Crippen LogP) is 5.67. The Hall–Kier alpha value is -3.94. The highest BCUT2D eigenvalue weighted by Gasteiger charge is 2.38. The SMILES string of the molecule is Cc1cc(NC2CCN(C(=O)COC3CCC(Nc4ccc([N+](=O)[O-])c(C(F)(F)F)c4)CC3)CC2)ccc1[N+](=O)[O-]. The Bertz CT molecular complexity index is 1270. The number of anilines is 2. The van der Waals surface area contributed by atoms with Crippen LogP contribution in [0.3, 0.4) is 0 Å². The molecule has 1 saturated heterocycles. The maximum atomic E-state index is 13.3. The molecule has 2 aliphatic rings. The van der Waals surface area contributed by atoms with E-state index in [1.54, 1.807) is 24.0 Å². The van der Waals surface area contributed by atoms with Gasteiger partial charge < -0.3 is 20.3 Å². The van der Waals surface area contributed by atoms with Crippen molar-refractivity contribution in [3.05, 3.63) is 67.8 Å². The van der Waals surface area contributed by atoms with E-state index >= 15 is 0 Å². The van der Waals surface area contributed by atoms with Gasteiger partial charge in [-0.1, -0.05) is 0 Å². The summed E-state index contributed by atoms with van der Waals surface area (Å²) >= 11 is 0. The molecular formula is C27H32F3N5O6. The molecule has 2 fully saturated rings. The minimum absolute atomic E-state index is 0.0420. The first kappa shape index (κ1) is 30.0. The number of nitrogens with one attached hydrogen (secondary N) is 2. The molecule has 2 N–H and O–H groups in total. The highest BCUT2D eigenvalue weighted by Crippen LogP contribution is 2.38. The van der Waals surface area contributed by atoms with Gasteiger partial charge in [0.2, 0.25) is 5.91 Å². The van der Waals surface area contributed by atoms with Crippen LogP contribution in [0.1, 0.15) is 49.7 Å². The van der Waals surface area contributed by atoms with Gasteiger partial charge in [-0.3, -0.25) is 25.0 Å². The molecule has 0 atom stereocenters. The van der Waals surface area contributed by atoms with Crippen LogP contribution >= 0.6 is 0 Å². The molecular weight excluding hydrogens is 547 g/mol. The van der Waals surface area contributed by atoms with Gasteiger partial charge in [-0.2, -0.15) is 13.2 Å². The van der Waals surface area contributed by atoms with Crippen LogP contribution in [0, 0.1) is 27.2 Å². The first-order valence-corrected chi connectivity index (χ1v) is 13.4. The van der Waals surface area contributed by atoms with Crippen molar-refractivity contribution < 1.29 is 32.5 Å². The molecule has 2 aromatic carbocycles. The molecule has 222 valence electrons. The number of nitro benzene ring substituents is 2. The highest BCUT2D eigenvalue weighted by atomic mass is 19.4. The number of amides is 1. The van der Waals surface area contributed by atoms with E-state index in [2.05, 4.69) is 10.6 Å². The lowest BCUT2D eigenvalue weighted by atomic mass is 9.92. The van der Waals surface area contributed by atoms with Gasteiger partial charge in [0.25, 0.3) is 11.4 Å². The summed E-state index contributed by atoms with van der Waals surface area (Å²) in [5.41, 5.74) is -0.639. The number of nitro groups is 2. The molecule has 11 nitrogen and oxygen atoms in total. The van der Waals surface area contributed by atoms with Gasteiger partial charge >= 0.3 is 6.18 Å². The molecule has 1 aliphatic heterocycles. The number of ether oxygens (including phenoxy) is 1. The number of aryl methyl sites for hydroxylation is 1. The number of benzene rings is 2. The third-order valence-electron chi connectivity index (χ3n) is 7.60. The monoisotopic (exact) mass is 579 g/mol. The van der Waals surface area contributed by atoms with Crippen molar-refractivity contribution >= 4 is 28.7 Å². The second kappa shape index (κ2) is 12.7. The summed E-state index contributed by atoms with van der Waals surface area (Å²) in [4.78, 5) is 35.0. The number of piperidine rings is 1. The summed E-state index contributed by atoms with van der Waals surface area (Å²) < 4.78 is 45.6. The Labute approximate surface area is 234 Å². The highest BCUT2D eigenvalue weighted by molar-refractivity contribution is 5.77. The van der Waals surface area contributed by atoms with Crippen molar-refractivity contribution in [1.82, 2.24) is 4.90 Å². The van der Waals surface area contributed by atoms with Crippen LogP contribution < -0.4 is 10.6 Å². The molecule has 0 bridgehead atoms. The first-order valence-electron chi connectivity index (χ1n) is 13.4. The maximum absolute atomic E-state index is 13.3. The van der Waals surface area contributed by atoms with E-state index < -0.39 is 27.3 Å². The van der Waals surface area contributed by atoms with Crippen LogP contribution in [0.25, 0.3) is 0 Å². The second-order valence-electron chi connectivity index (χ2n) is 10.5. The molecule has 0 radical (unpaired) electrons. The molecule has 0 aromatic heterocycles. The molecule has 1 aliphatic carbocycles. The van der Waals surface area contributed by atoms with E-state index in [4.69, 9.17) is 4.74 Å². The van der Waals surface area contributed by atoms with Crippen molar-refractivity contribution in [2.45, 2.75) is 69.8 Å². The van der Waals surface area contributed by atoms with Crippen LogP contribution in [-0.4, -0.2) is 58.5 Å². The van der Waals surface area contributed by atoms with Crippen LogP contribution in [-0.2, 0) is 15.7 Å². The molecule has 0 unspecified atom stereocenters. The number of hydrogen-bond donors (Lipinski definition) is 2. The van der Waals surface area contributed by atoms with Gasteiger partial charge in [-0.15, -0.1) is 0 Å². The average molecular weight is 580 g/mol. The molecule has 1 heterocycles. The zero-order valence-electron chi connectivity index (χ0n) is 22.5. The van der Waals surface area contributed by atoms with Gasteiger partial charge in [0.05, 0.1) is 16.0 Å². The zero-order chi connectivity index (χ0) is 29.7. The number of rotatable bonds is 9. The minimum atomic E-state index is -4.84. The number of nitrogens with zero attached hydrogens (tertiary/aromatic N) is 3. The summed E-state index contributed by atoms with van der Waals surface area (Å²) in [5.74, 6) is -0.0968. The maximum Gasteiger partial charge on any atom is 0.423 e. The third-order valence-corrected chi connectivity index (χ3v) is 7.60. The number of carbonyl (C=O) groups excluding carboxylic acids is 1. The van der Waals surface area contributed by atoms with Crippen LogP contribution in [0.4, 0.5) is 35.9 Å². The predicted molar refractivity (Wildman–Crippen MR) is 145 cm³/mol. The topological polar surface area (TPSA) is 140 Å². The fourth-order valence-corrected chi connectivity index (χ4v) is 5.36. The Morgan fingerprint density at radius 1 is 0.902 bits per heavy atom. The normalized spacial score (nSPS) is 20.0. The van der Waals surface area contributed by atoms with Gasteiger partial charge in [0.15, 0.2) is 0 Å². The largest absolute Gasteiger partial charge is 0.423 e. The van der Waals surface area contributed by atoms with E-state index in [0.717, 1.165) is 30.7 Å². The van der Waals surface area contributed by atoms with Crippen LogP contribution in [0.2, 0.25) is 0 Å². The van der Waals surface area contributed by atoms with Crippen molar-refractivity contribution in [2.24, 2.45) is 0 Å². The smallest absolute Gasteiger partial charge is 0.382 e. The quantitative estimate of drug-likeness (QED) is 0.286. The summed E-state index contributed by atoms with van der Waals surface area (Å²) in [6.45, 7) is 2.79. The number of hydrogen-bond acceptors (Lipinski definition) is 8. The molecule has 14 heteroatoms. The molecule has 1 saturated carbocycles. The minimum Gasteiger partial charge on any atom is -0.382 e. The van der Waals surface area contributed by atoms with Gasteiger partial charge in [0.1, 0.15) is 12.2 Å². The third kappa shape index (κ3) is 7.84. The molecule has 0 spiro atoms. The van der Waals surface area contributed by atoms with Crippen LogP contribution in [0.5, 0.6) is 0 Å². The van der Waals surface area contributed by atoms with E-state index in [0.29, 0.717) is 44.3 Å². The van der Waals surface area contributed by atoms with Crippen molar-refractivity contribution in [2.75, 3.05) is 30.3 Å². The summed E-state index contributed by atoms with van der Waals surface area (Å²) in [6, 6.07) is 7.86. The fourth-order valence-electron chi connectivity index (χ4n) is 5.36.